The fourth-order valence-electron chi connectivity index (χ4n) is 2.15. The lowest BCUT2D eigenvalue weighted by atomic mass is 10.1. The number of carbonyl (C=O) groups excluding carboxylic acids is 2. The Morgan fingerprint density at radius 2 is 1.96 bits per heavy atom. The largest absolute Gasteiger partial charge is 0.484 e. The molecular formula is C18H22N2O4S. The second-order valence-corrected chi connectivity index (χ2v) is 6.21. The number of hydrogen-bond donors (Lipinski definition) is 1. The summed E-state index contributed by atoms with van der Waals surface area (Å²) in [6.07, 6.45) is 2.22. The monoisotopic (exact) mass is 362 g/mol. The van der Waals surface area contributed by atoms with Gasteiger partial charge in [0.05, 0.1) is 18.7 Å². The molecule has 1 aromatic heterocycles. The molecule has 1 heterocycles. The van der Waals surface area contributed by atoms with Gasteiger partial charge in [-0.05, 0) is 31.0 Å². The number of rotatable bonds is 9. The first-order valence-electron chi connectivity index (χ1n) is 8.22. The van der Waals surface area contributed by atoms with E-state index < -0.39 is 0 Å². The molecule has 0 saturated carbocycles. The Labute approximate surface area is 151 Å². The molecule has 134 valence electrons. The lowest BCUT2D eigenvalue weighted by molar-refractivity contribution is -0.142. The number of nitrogens with zero attached hydrogens (tertiary/aromatic N) is 1. The van der Waals surface area contributed by atoms with Crippen LogP contribution in [0.2, 0.25) is 0 Å². The predicted octanol–water partition coefficient (Wildman–Crippen LogP) is 3.22. The number of thiazole rings is 1. The quantitative estimate of drug-likeness (QED) is 0.693. The molecule has 0 unspecified atom stereocenters. The number of esters is 1. The molecular weight excluding hydrogens is 340 g/mol. The maximum Gasteiger partial charge on any atom is 0.311 e. The average molecular weight is 362 g/mol. The Bertz CT molecular complexity index is 697. The summed E-state index contributed by atoms with van der Waals surface area (Å²) in [5, 5.41) is 4.82. The van der Waals surface area contributed by atoms with E-state index in [1.54, 1.807) is 12.3 Å². The highest BCUT2D eigenvalue weighted by molar-refractivity contribution is 7.13. The minimum atomic E-state index is -0.333. The van der Waals surface area contributed by atoms with Crippen LogP contribution in [0.1, 0.15) is 31.5 Å². The maximum absolute atomic E-state index is 11.9. The van der Waals surface area contributed by atoms with Crippen LogP contribution in [0, 0.1) is 0 Å². The third-order valence-electron chi connectivity index (χ3n) is 3.26. The molecule has 25 heavy (non-hydrogen) atoms. The summed E-state index contributed by atoms with van der Waals surface area (Å²) in [7, 11) is 0. The van der Waals surface area contributed by atoms with Crippen LogP contribution in [0.5, 0.6) is 5.75 Å². The van der Waals surface area contributed by atoms with Gasteiger partial charge in [-0.15, -0.1) is 11.3 Å². The van der Waals surface area contributed by atoms with Crippen LogP contribution >= 0.6 is 11.3 Å². The number of anilines is 1. The minimum absolute atomic E-state index is 0.0973. The molecule has 1 aromatic carbocycles. The second-order valence-electron chi connectivity index (χ2n) is 5.36. The van der Waals surface area contributed by atoms with Crippen LogP contribution in [0.4, 0.5) is 5.13 Å². The number of carbonyl (C=O) groups is 2. The number of ether oxygens (including phenoxy) is 2. The highest BCUT2D eigenvalue weighted by atomic mass is 32.1. The molecule has 0 atom stereocenters. The Hall–Kier alpha value is -2.41. The maximum atomic E-state index is 11.9. The minimum Gasteiger partial charge on any atom is -0.484 e. The Balaban J connectivity index is 1.78. The lowest BCUT2D eigenvalue weighted by Crippen LogP contribution is -2.20. The van der Waals surface area contributed by atoms with Gasteiger partial charge in [0, 0.05) is 5.38 Å². The Kier molecular flexibility index (Phi) is 7.40. The molecule has 0 aliphatic rings. The number of aryl methyl sites for hydroxylation is 1. The molecule has 0 fully saturated rings. The van der Waals surface area contributed by atoms with Gasteiger partial charge in [-0.25, -0.2) is 4.98 Å². The molecule has 0 saturated heterocycles. The van der Waals surface area contributed by atoms with Gasteiger partial charge in [0.15, 0.2) is 11.7 Å². The molecule has 7 heteroatoms. The molecule has 0 aliphatic heterocycles. The van der Waals surface area contributed by atoms with Gasteiger partial charge in [-0.2, -0.15) is 0 Å². The summed E-state index contributed by atoms with van der Waals surface area (Å²) in [5.74, 6) is 0.0207. The van der Waals surface area contributed by atoms with E-state index in [2.05, 4.69) is 17.2 Å². The fourth-order valence-corrected chi connectivity index (χ4v) is 2.88. The van der Waals surface area contributed by atoms with Crippen molar-refractivity contribution in [3.05, 3.63) is 40.9 Å². The van der Waals surface area contributed by atoms with Crippen LogP contribution in [-0.4, -0.2) is 30.1 Å². The molecule has 0 spiro atoms. The summed E-state index contributed by atoms with van der Waals surface area (Å²) in [4.78, 5) is 27.5. The normalized spacial score (nSPS) is 10.3. The smallest absolute Gasteiger partial charge is 0.311 e. The lowest BCUT2D eigenvalue weighted by Gasteiger charge is -2.06. The molecule has 2 rings (SSSR count). The Morgan fingerprint density at radius 3 is 2.64 bits per heavy atom. The average Bonchev–Trinajstić information content (AvgIpc) is 3.01. The van der Waals surface area contributed by atoms with E-state index in [9.17, 15) is 9.59 Å². The zero-order valence-electron chi connectivity index (χ0n) is 14.4. The molecule has 6 nitrogen and oxygen atoms in total. The highest BCUT2D eigenvalue weighted by Crippen LogP contribution is 2.17. The van der Waals surface area contributed by atoms with Crippen LogP contribution in [0.25, 0.3) is 0 Å². The predicted molar refractivity (Wildman–Crippen MR) is 97.0 cm³/mol. The zero-order valence-corrected chi connectivity index (χ0v) is 15.2. The van der Waals surface area contributed by atoms with Crippen LogP contribution in [0.3, 0.4) is 0 Å². The van der Waals surface area contributed by atoms with E-state index in [1.165, 1.54) is 16.9 Å². The summed E-state index contributed by atoms with van der Waals surface area (Å²) in [5.41, 5.74) is 1.82. The number of amides is 1. The van der Waals surface area contributed by atoms with E-state index in [0.29, 0.717) is 23.2 Å². The van der Waals surface area contributed by atoms with Crippen LogP contribution in [-0.2, 0) is 27.2 Å². The van der Waals surface area contributed by atoms with Crippen molar-refractivity contribution < 1.29 is 19.1 Å². The van der Waals surface area contributed by atoms with Crippen molar-refractivity contribution in [3.63, 3.8) is 0 Å². The summed E-state index contributed by atoms with van der Waals surface area (Å²) < 4.78 is 10.3. The van der Waals surface area contributed by atoms with E-state index in [-0.39, 0.29) is 24.9 Å². The van der Waals surface area contributed by atoms with E-state index >= 15 is 0 Å². The number of benzene rings is 1. The summed E-state index contributed by atoms with van der Waals surface area (Å²) >= 11 is 1.26. The van der Waals surface area contributed by atoms with Gasteiger partial charge in [0.25, 0.3) is 5.91 Å². The number of nitrogens with one attached hydrogen (secondary N) is 1. The van der Waals surface area contributed by atoms with Crippen molar-refractivity contribution in [2.75, 3.05) is 18.5 Å². The summed E-state index contributed by atoms with van der Waals surface area (Å²) in [6, 6.07) is 7.72. The fraction of sp³-hybridized carbons (Fsp3) is 0.389. The molecule has 0 aliphatic carbocycles. The topological polar surface area (TPSA) is 77.5 Å². The highest BCUT2D eigenvalue weighted by Gasteiger charge is 2.11. The standard InChI is InChI=1S/C18H22N2O4S/c1-3-5-13-6-8-15(9-7-13)24-11-16(21)20-18-19-14(12-25-18)10-17(22)23-4-2/h6-9,12H,3-5,10-11H2,1-2H3,(H,19,20,21). The van der Waals surface area contributed by atoms with Crippen molar-refractivity contribution in [1.82, 2.24) is 4.98 Å². The van der Waals surface area contributed by atoms with Crippen molar-refractivity contribution in [2.24, 2.45) is 0 Å². The summed E-state index contributed by atoms with van der Waals surface area (Å²) in [6.45, 7) is 4.12. The van der Waals surface area contributed by atoms with Crippen LogP contribution in [0.15, 0.2) is 29.6 Å². The molecule has 0 radical (unpaired) electrons. The van der Waals surface area contributed by atoms with E-state index in [0.717, 1.165) is 12.8 Å². The van der Waals surface area contributed by atoms with Crippen LogP contribution < -0.4 is 10.1 Å². The van der Waals surface area contributed by atoms with E-state index in [1.807, 2.05) is 24.3 Å². The van der Waals surface area contributed by atoms with E-state index in [4.69, 9.17) is 9.47 Å². The zero-order chi connectivity index (χ0) is 18.1. The first-order chi connectivity index (χ1) is 12.1. The SMILES string of the molecule is CCCc1ccc(OCC(=O)Nc2nc(CC(=O)OCC)cs2)cc1. The molecule has 0 bridgehead atoms. The van der Waals surface area contributed by atoms with Crippen molar-refractivity contribution in [3.8, 4) is 5.75 Å². The Morgan fingerprint density at radius 1 is 1.20 bits per heavy atom. The first-order valence-corrected chi connectivity index (χ1v) is 9.10. The molecule has 2 aromatic rings. The van der Waals surface area contributed by atoms with Gasteiger partial charge in [-0.1, -0.05) is 25.5 Å². The van der Waals surface area contributed by atoms with Crippen molar-refractivity contribution in [2.45, 2.75) is 33.1 Å². The third-order valence-corrected chi connectivity index (χ3v) is 4.07. The van der Waals surface area contributed by atoms with Crippen molar-refractivity contribution in [1.29, 1.82) is 0 Å². The van der Waals surface area contributed by atoms with Gasteiger partial charge in [0.1, 0.15) is 5.75 Å². The van der Waals surface area contributed by atoms with Gasteiger partial charge in [-0.3, -0.25) is 14.9 Å². The number of aromatic nitrogens is 1. The molecule has 1 amide bonds. The third kappa shape index (κ3) is 6.54. The van der Waals surface area contributed by atoms with Crippen molar-refractivity contribution >= 4 is 28.3 Å². The number of hydrogen-bond acceptors (Lipinski definition) is 6. The molecule has 1 N–H and O–H groups in total. The van der Waals surface area contributed by atoms with Gasteiger partial charge in [0.2, 0.25) is 0 Å². The first kappa shape index (κ1) is 18.9. The van der Waals surface area contributed by atoms with Gasteiger partial charge >= 0.3 is 5.97 Å². The van der Waals surface area contributed by atoms with Gasteiger partial charge < -0.3 is 9.47 Å². The second kappa shape index (κ2) is 9.78.